The number of ether oxygens (including phenoxy) is 3. The average molecular weight is 604 g/mol. The molecule has 44 heavy (non-hydrogen) atoms. The summed E-state index contributed by atoms with van der Waals surface area (Å²) < 4.78 is 17.6. The highest BCUT2D eigenvalue weighted by atomic mass is 16.7. The highest BCUT2D eigenvalue weighted by Gasteiger charge is 2.49. The first kappa shape index (κ1) is 29.8. The standard InChI is InChI=1S/C33H33NO10/c1-15-28(36)20(34-17-8-5-4-6-9-17)12-23(43-15)44-22-14-33(41,16(2)35)13-19-25(22)32(40)27-26(30(19)38)29(37)18-10-7-11-21(42-3)24(18)31(27)39/h4-11,15,20,22-23,28,34,36,38,40-41H,12-14H2,1-3H3/t15?,20?,22-,23?,28?,33-/m0/s1. The highest BCUT2D eigenvalue weighted by molar-refractivity contribution is 6.31. The monoisotopic (exact) mass is 603 g/mol. The molecular weight excluding hydrogens is 570 g/mol. The number of nitrogens with one attached hydrogen (secondary N) is 1. The summed E-state index contributed by atoms with van der Waals surface area (Å²) in [5.74, 6) is -3.14. The first-order valence-corrected chi connectivity index (χ1v) is 14.4. The Balaban J connectivity index is 1.43. The van der Waals surface area contributed by atoms with Crippen molar-refractivity contribution in [2.24, 2.45) is 0 Å². The van der Waals surface area contributed by atoms with Gasteiger partial charge in [0.15, 0.2) is 17.9 Å². The van der Waals surface area contributed by atoms with E-state index in [1.165, 1.54) is 32.2 Å². The van der Waals surface area contributed by atoms with E-state index in [0.717, 1.165) is 5.69 Å². The summed E-state index contributed by atoms with van der Waals surface area (Å²) in [6.07, 6.45) is -4.41. The average Bonchev–Trinajstić information content (AvgIpc) is 3.00. The fourth-order valence-corrected chi connectivity index (χ4v) is 6.52. The zero-order valence-corrected chi connectivity index (χ0v) is 24.4. The van der Waals surface area contributed by atoms with Crippen LogP contribution in [-0.4, -0.2) is 75.0 Å². The van der Waals surface area contributed by atoms with Crippen molar-refractivity contribution in [3.05, 3.63) is 81.9 Å². The highest BCUT2D eigenvalue weighted by Crippen LogP contribution is 2.52. The van der Waals surface area contributed by atoms with Crippen molar-refractivity contribution in [2.75, 3.05) is 12.4 Å². The molecule has 2 aliphatic carbocycles. The molecule has 1 aliphatic heterocycles. The summed E-state index contributed by atoms with van der Waals surface area (Å²) >= 11 is 0. The van der Waals surface area contributed by atoms with Crippen LogP contribution in [0.15, 0.2) is 48.5 Å². The second-order valence-corrected chi connectivity index (χ2v) is 11.6. The van der Waals surface area contributed by atoms with E-state index in [9.17, 15) is 34.8 Å². The topological polar surface area (TPSA) is 172 Å². The minimum absolute atomic E-state index is 0.0120. The van der Waals surface area contributed by atoms with Crippen LogP contribution in [0.4, 0.5) is 5.69 Å². The number of Topliss-reactive ketones (excluding diaryl/α,β-unsaturated/α-hetero) is 1. The van der Waals surface area contributed by atoms with Gasteiger partial charge in [-0.1, -0.05) is 30.3 Å². The molecule has 0 radical (unpaired) electrons. The van der Waals surface area contributed by atoms with Gasteiger partial charge in [0, 0.05) is 41.6 Å². The number of hydrogen-bond donors (Lipinski definition) is 5. The molecule has 11 heteroatoms. The number of aliphatic hydroxyl groups is 2. The second kappa shape index (κ2) is 11.0. The molecule has 1 heterocycles. The number of rotatable bonds is 6. The van der Waals surface area contributed by atoms with Gasteiger partial charge in [-0.2, -0.15) is 0 Å². The molecule has 6 rings (SSSR count). The van der Waals surface area contributed by atoms with Crippen molar-refractivity contribution in [2.45, 2.75) is 69.4 Å². The minimum atomic E-state index is -2.01. The van der Waals surface area contributed by atoms with Crippen molar-refractivity contribution >= 4 is 23.0 Å². The number of aliphatic hydroxyl groups excluding tert-OH is 1. The molecule has 0 amide bonds. The van der Waals surface area contributed by atoms with Crippen LogP contribution in [0, 0.1) is 0 Å². The molecule has 0 bridgehead atoms. The zero-order chi connectivity index (χ0) is 31.5. The predicted octanol–water partition coefficient (Wildman–Crippen LogP) is 3.18. The number of carbonyl (C=O) groups excluding carboxylic acids is 3. The maximum atomic E-state index is 13.8. The zero-order valence-electron chi connectivity index (χ0n) is 24.4. The number of aromatic hydroxyl groups is 2. The summed E-state index contributed by atoms with van der Waals surface area (Å²) in [6.45, 7) is 2.87. The van der Waals surface area contributed by atoms with Crippen molar-refractivity contribution in [3.8, 4) is 17.2 Å². The molecule has 230 valence electrons. The maximum Gasteiger partial charge on any atom is 0.202 e. The minimum Gasteiger partial charge on any atom is -0.507 e. The van der Waals surface area contributed by atoms with Crippen LogP contribution >= 0.6 is 0 Å². The number of phenols is 2. The number of ketones is 3. The van der Waals surface area contributed by atoms with Gasteiger partial charge in [0.05, 0.1) is 42.0 Å². The van der Waals surface area contributed by atoms with Crippen molar-refractivity contribution in [1.29, 1.82) is 0 Å². The molecule has 0 aromatic heterocycles. The van der Waals surface area contributed by atoms with E-state index in [4.69, 9.17) is 14.2 Å². The molecule has 0 saturated carbocycles. The summed E-state index contributed by atoms with van der Waals surface area (Å²) in [4.78, 5) is 40.1. The molecule has 5 N–H and O–H groups in total. The second-order valence-electron chi connectivity index (χ2n) is 11.6. The molecule has 1 saturated heterocycles. The van der Waals surface area contributed by atoms with Crippen molar-refractivity contribution in [3.63, 3.8) is 0 Å². The van der Waals surface area contributed by atoms with Crippen LogP contribution in [0.2, 0.25) is 0 Å². The number of carbonyl (C=O) groups is 3. The third-order valence-corrected chi connectivity index (χ3v) is 8.88. The third-order valence-electron chi connectivity index (χ3n) is 8.88. The Hall–Kier alpha value is -4.29. The van der Waals surface area contributed by atoms with Crippen LogP contribution in [0.5, 0.6) is 17.2 Å². The van der Waals surface area contributed by atoms with Crippen LogP contribution in [0.1, 0.15) is 75.8 Å². The van der Waals surface area contributed by atoms with E-state index in [-0.39, 0.29) is 40.8 Å². The van der Waals surface area contributed by atoms with Gasteiger partial charge in [-0.05, 0) is 32.0 Å². The Morgan fingerprint density at radius 3 is 2.39 bits per heavy atom. The van der Waals surface area contributed by atoms with Gasteiger partial charge in [-0.25, -0.2) is 0 Å². The molecule has 1 fully saturated rings. The first-order chi connectivity index (χ1) is 20.9. The van der Waals surface area contributed by atoms with Gasteiger partial charge in [-0.3, -0.25) is 14.4 Å². The Morgan fingerprint density at radius 2 is 1.70 bits per heavy atom. The molecule has 3 aromatic carbocycles. The van der Waals surface area contributed by atoms with Gasteiger partial charge in [0.2, 0.25) is 5.78 Å². The van der Waals surface area contributed by atoms with E-state index in [0.29, 0.717) is 0 Å². The summed E-state index contributed by atoms with van der Waals surface area (Å²) in [7, 11) is 1.35. The fraction of sp³-hybridized carbons (Fsp3) is 0.364. The van der Waals surface area contributed by atoms with E-state index in [2.05, 4.69) is 5.32 Å². The molecule has 3 aromatic rings. The fourth-order valence-electron chi connectivity index (χ4n) is 6.52. The number of hydrogen-bond acceptors (Lipinski definition) is 11. The van der Waals surface area contributed by atoms with E-state index in [1.807, 2.05) is 30.3 Å². The third kappa shape index (κ3) is 4.72. The molecule has 3 aliphatic rings. The number of fused-ring (bicyclic) bond motifs is 3. The van der Waals surface area contributed by atoms with Crippen LogP contribution in [0.3, 0.4) is 0 Å². The number of methoxy groups -OCH3 is 1. The van der Waals surface area contributed by atoms with Crippen molar-refractivity contribution in [1.82, 2.24) is 0 Å². The van der Waals surface area contributed by atoms with E-state index < -0.39 is 82.6 Å². The summed E-state index contributed by atoms with van der Waals surface area (Å²) in [5.41, 5.74) is -2.25. The molecule has 6 atom stereocenters. The smallest absolute Gasteiger partial charge is 0.202 e. The summed E-state index contributed by atoms with van der Waals surface area (Å²) in [6, 6.07) is 13.2. The lowest BCUT2D eigenvalue weighted by atomic mass is 9.72. The van der Waals surface area contributed by atoms with Gasteiger partial charge < -0.3 is 40.0 Å². The van der Waals surface area contributed by atoms with Gasteiger partial charge >= 0.3 is 0 Å². The SMILES string of the molecule is COc1cccc2c1C(=O)c1c(O)c3c(c(O)c1C2=O)C[C@@](O)(C(C)=O)C[C@@H]3OC1CC(Nc2ccccc2)C(O)C(C)O1. The Kier molecular flexibility index (Phi) is 7.45. The largest absolute Gasteiger partial charge is 0.507 e. The Labute approximate surface area is 253 Å². The lowest BCUT2D eigenvalue weighted by Gasteiger charge is -2.43. The first-order valence-electron chi connectivity index (χ1n) is 14.4. The number of phenolic OH excluding ortho intramolecular Hbond substituents is 2. The van der Waals surface area contributed by atoms with E-state index in [1.54, 1.807) is 6.92 Å². The van der Waals surface area contributed by atoms with Crippen LogP contribution in [0.25, 0.3) is 0 Å². The van der Waals surface area contributed by atoms with Crippen LogP contribution in [-0.2, 0) is 20.7 Å². The Morgan fingerprint density at radius 1 is 1.00 bits per heavy atom. The normalized spacial score (nSPS) is 27.6. The molecule has 0 spiro atoms. The summed E-state index contributed by atoms with van der Waals surface area (Å²) in [5, 5.41) is 48.7. The van der Waals surface area contributed by atoms with Crippen LogP contribution < -0.4 is 10.1 Å². The van der Waals surface area contributed by atoms with Gasteiger partial charge in [0.1, 0.15) is 29.0 Å². The lowest BCUT2D eigenvalue weighted by Crippen LogP contribution is -2.52. The van der Waals surface area contributed by atoms with Gasteiger partial charge in [0.25, 0.3) is 0 Å². The molecule has 4 unspecified atom stereocenters. The number of anilines is 1. The van der Waals surface area contributed by atoms with E-state index >= 15 is 0 Å². The number of para-hydroxylation sites is 1. The van der Waals surface area contributed by atoms with Gasteiger partial charge in [-0.15, -0.1) is 0 Å². The molecule has 11 nitrogen and oxygen atoms in total. The van der Waals surface area contributed by atoms with Crippen molar-refractivity contribution < 1.29 is 49.0 Å². The molecular formula is C33H33NO10. The quantitative estimate of drug-likeness (QED) is 0.205. The Bertz CT molecular complexity index is 1670. The number of benzene rings is 3. The lowest BCUT2D eigenvalue weighted by molar-refractivity contribution is -0.245. The predicted molar refractivity (Wildman–Crippen MR) is 156 cm³/mol. The maximum absolute atomic E-state index is 13.8.